The predicted molar refractivity (Wildman–Crippen MR) is 144 cm³/mol. The van der Waals surface area contributed by atoms with E-state index in [9.17, 15) is 10.1 Å². The van der Waals surface area contributed by atoms with Crippen LogP contribution in [0.15, 0.2) is 30.5 Å². The first-order valence-corrected chi connectivity index (χ1v) is 13.5. The lowest BCUT2D eigenvalue weighted by Gasteiger charge is -2.33. The maximum Gasteiger partial charge on any atom is 0.317 e. The highest BCUT2D eigenvalue weighted by molar-refractivity contribution is 5.79. The molecule has 0 radical (unpaired) electrons. The minimum atomic E-state index is -0.0662. The van der Waals surface area contributed by atoms with Gasteiger partial charge in [0.1, 0.15) is 0 Å². The van der Waals surface area contributed by atoms with E-state index >= 15 is 0 Å². The van der Waals surface area contributed by atoms with Crippen molar-refractivity contribution < 1.29 is 9.53 Å². The molecule has 2 aromatic heterocycles. The average Bonchev–Trinajstić information content (AvgIpc) is 3.35. The third-order valence-electron chi connectivity index (χ3n) is 8.02. The summed E-state index contributed by atoms with van der Waals surface area (Å²) in [5.74, 6) is 0.914. The molecule has 1 aromatic carbocycles. The molecule has 38 heavy (non-hydrogen) atoms. The molecule has 0 bridgehead atoms. The van der Waals surface area contributed by atoms with Crippen LogP contribution in [-0.2, 0) is 24.1 Å². The van der Waals surface area contributed by atoms with E-state index in [1.165, 1.54) is 11.3 Å². The van der Waals surface area contributed by atoms with E-state index in [1.807, 2.05) is 30.0 Å². The van der Waals surface area contributed by atoms with Gasteiger partial charge in [-0.25, -0.2) is 4.79 Å². The Kier molecular flexibility index (Phi) is 6.50. The molecule has 3 aromatic rings. The lowest BCUT2D eigenvalue weighted by molar-refractivity contribution is 0.0651. The number of ether oxygens (including phenoxy) is 1. The van der Waals surface area contributed by atoms with Gasteiger partial charge in [-0.1, -0.05) is 0 Å². The second-order valence-electron chi connectivity index (χ2n) is 10.3. The Hall–Kier alpha value is -3.90. The number of nitrogens with one attached hydrogen (secondary N) is 1. The van der Waals surface area contributed by atoms with E-state index in [0.29, 0.717) is 24.7 Å². The molecular formula is C29H33N7O2. The summed E-state index contributed by atoms with van der Waals surface area (Å²) in [5.41, 5.74) is 8.13. The maximum atomic E-state index is 12.6. The summed E-state index contributed by atoms with van der Waals surface area (Å²) < 4.78 is 7.86. The van der Waals surface area contributed by atoms with Crippen LogP contribution in [0, 0.1) is 18.3 Å². The fraction of sp³-hybridized carbons (Fsp3) is 0.448. The van der Waals surface area contributed by atoms with Crippen molar-refractivity contribution in [3.63, 3.8) is 0 Å². The number of benzene rings is 1. The minimum Gasteiger partial charge on any atom is -0.381 e. The van der Waals surface area contributed by atoms with Crippen LogP contribution >= 0.6 is 0 Å². The summed E-state index contributed by atoms with van der Waals surface area (Å²) in [6, 6.07) is 10.9. The zero-order valence-electron chi connectivity index (χ0n) is 22.0. The van der Waals surface area contributed by atoms with Gasteiger partial charge in [0, 0.05) is 68.6 Å². The molecule has 0 spiro atoms. The molecule has 9 nitrogen and oxygen atoms in total. The van der Waals surface area contributed by atoms with Crippen molar-refractivity contribution in [1.29, 1.82) is 5.26 Å². The molecule has 1 N–H and O–H groups in total. The summed E-state index contributed by atoms with van der Waals surface area (Å²) in [5, 5.41) is 18.2. The smallest absolute Gasteiger partial charge is 0.317 e. The highest BCUT2D eigenvalue weighted by Crippen LogP contribution is 2.41. The number of carbonyl (C=O) groups is 1. The number of carbonyl (C=O) groups excluding carboxylic acids is 1. The molecule has 0 unspecified atom stereocenters. The van der Waals surface area contributed by atoms with Crippen molar-refractivity contribution in [1.82, 2.24) is 25.0 Å². The maximum absolute atomic E-state index is 12.6. The van der Waals surface area contributed by atoms with Gasteiger partial charge < -0.3 is 19.9 Å². The summed E-state index contributed by atoms with van der Waals surface area (Å²) in [4.78, 5) is 21.0. The lowest BCUT2D eigenvalue weighted by Crippen LogP contribution is -2.42. The number of rotatable bonds is 3. The third kappa shape index (κ3) is 4.29. The molecule has 6 rings (SSSR count). The highest BCUT2D eigenvalue weighted by Gasteiger charge is 2.34. The molecule has 0 aliphatic carbocycles. The van der Waals surface area contributed by atoms with E-state index in [4.69, 9.17) is 9.84 Å². The zero-order valence-corrected chi connectivity index (χ0v) is 22.0. The number of urea groups is 1. The Morgan fingerprint density at radius 3 is 2.79 bits per heavy atom. The number of nitrogens with zero attached hydrogens (tertiary/aromatic N) is 6. The molecule has 2 amide bonds. The molecular weight excluding hydrogens is 478 g/mol. The lowest BCUT2D eigenvalue weighted by atomic mass is 9.92. The van der Waals surface area contributed by atoms with Crippen LogP contribution in [0.2, 0.25) is 0 Å². The summed E-state index contributed by atoms with van der Waals surface area (Å²) in [6.45, 7) is 5.48. The molecule has 5 heterocycles. The van der Waals surface area contributed by atoms with Crippen molar-refractivity contribution in [2.75, 3.05) is 38.3 Å². The van der Waals surface area contributed by atoms with E-state index in [1.54, 1.807) is 13.2 Å². The number of hydrogen-bond acceptors (Lipinski definition) is 6. The van der Waals surface area contributed by atoms with E-state index in [0.717, 1.165) is 85.8 Å². The molecule has 0 saturated carbocycles. The fourth-order valence-corrected chi connectivity index (χ4v) is 6.11. The quantitative estimate of drug-likeness (QED) is 0.564. The Morgan fingerprint density at radius 1 is 1.18 bits per heavy atom. The van der Waals surface area contributed by atoms with Gasteiger partial charge in [0.25, 0.3) is 0 Å². The monoisotopic (exact) mass is 511 g/mol. The van der Waals surface area contributed by atoms with E-state index in [2.05, 4.69) is 32.0 Å². The Bertz CT molecular complexity index is 1420. The average molecular weight is 512 g/mol. The molecule has 1 fully saturated rings. The van der Waals surface area contributed by atoms with Crippen molar-refractivity contribution in [2.45, 2.75) is 51.6 Å². The largest absolute Gasteiger partial charge is 0.381 e. The number of fused-ring (bicyclic) bond motifs is 2. The first-order chi connectivity index (χ1) is 18.6. The van der Waals surface area contributed by atoms with Gasteiger partial charge in [-0.05, 0) is 73.6 Å². The molecule has 9 heteroatoms. The number of aromatic nitrogens is 3. The Morgan fingerprint density at radius 2 is 2.03 bits per heavy atom. The van der Waals surface area contributed by atoms with Crippen molar-refractivity contribution in [3.05, 3.63) is 58.5 Å². The second kappa shape index (κ2) is 10.1. The minimum absolute atomic E-state index is 0.0662. The topological polar surface area (TPSA) is 99.3 Å². The zero-order chi connectivity index (χ0) is 26.2. The van der Waals surface area contributed by atoms with Gasteiger partial charge in [-0.15, -0.1) is 0 Å². The summed E-state index contributed by atoms with van der Waals surface area (Å²) >= 11 is 0. The highest BCUT2D eigenvalue weighted by atomic mass is 16.5. The van der Waals surface area contributed by atoms with Crippen LogP contribution < -0.4 is 10.2 Å². The first-order valence-electron chi connectivity index (χ1n) is 13.5. The van der Waals surface area contributed by atoms with Crippen LogP contribution in [0.3, 0.4) is 0 Å². The van der Waals surface area contributed by atoms with Crippen LogP contribution in [0.25, 0.3) is 11.1 Å². The molecule has 1 saturated heterocycles. The fourth-order valence-electron chi connectivity index (χ4n) is 6.11. The number of aryl methyl sites for hydroxylation is 2. The molecule has 3 aliphatic rings. The van der Waals surface area contributed by atoms with Crippen molar-refractivity contribution >= 4 is 17.5 Å². The standard InChI is InChI=1S/C29H33N7O2/c1-19-14-20(5-9-32-19)24-15-21-4-3-10-35(27(21)16-22(24)17-30)28-25-18-34(29(37)31-2)11-6-26(25)36(33-28)23-7-12-38-13-8-23/h5,9,14-16,23H,3-4,6-8,10-13,18H2,1-2H3,(H,31,37). The Labute approximate surface area is 223 Å². The van der Waals surface area contributed by atoms with Crippen LogP contribution in [0.4, 0.5) is 16.3 Å². The van der Waals surface area contributed by atoms with Crippen molar-refractivity contribution in [3.8, 4) is 17.2 Å². The second-order valence-corrected chi connectivity index (χ2v) is 10.3. The summed E-state index contributed by atoms with van der Waals surface area (Å²) in [6.07, 6.45) is 6.39. The molecule has 3 aliphatic heterocycles. The van der Waals surface area contributed by atoms with E-state index < -0.39 is 0 Å². The number of hydrogen-bond donors (Lipinski definition) is 1. The van der Waals surface area contributed by atoms with Gasteiger partial charge >= 0.3 is 6.03 Å². The van der Waals surface area contributed by atoms with Gasteiger partial charge in [-0.2, -0.15) is 10.4 Å². The molecule has 0 atom stereocenters. The first kappa shape index (κ1) is 24.4. The normalized spacial score (nSPS) is 17.5. The molecule has 196 valence electrons. The number of nitriles is 1. The van der Waals surface area contributed by atoms with Gasteiger partial charge in [-0.3, -0.25) is 9.67 Å². The van der Waals surface area contributed by atoms with Gasteiger partial charge in [0.2, 0.25) is 0 Å². The van der Waals surface area contributed by atoms with Crippen molar-refractivity contribution in [2.24, 2.45) is 0 Å². The third-order valence-corrected chi connectivity index (χ3v) is 8.02. The van der Waals surface area contributed by atoms with Crippen LogP contribution in [-0.4, -0.2) is 59.0 Å². The van der Waals surface area contributed by atoms with Crippen LogP contribution in [0.5, 0.6) is 0 Å². The van der Waals surface area contributed by atoms with Gasteiger partial charge in [0.15, 0.2) is 5.82 Å². The number of amides is 2. The number of pyridine rings is 1. The van der Waals surface area contributed by atoms with E-state index in [-0.39, 0.29) is 6.03 Å². The van der Waals surface area contributed by atoms with Gasteiger partial charge in [0.05, 0.1) is 24.2 Å². The van der Waals surface area contributed by atoms with Crippen LogP contribution in [0.1, 0.15) is 53.4 Å². The predicted octanol–water partition coefficient (Wildman–Crippen LogP) is 4.26. The Balaban J connectivity index is 1.45. The SMILES string of the molecule is CNC(=O)N1CCc2c(c(N3CCCc4cc(-c5ccnc(C)c5)c(C#N)cc43)nn2C2CCOCC2)C1. The summed E-state index contributed by atoms with van der Waals surface area (Å²) in [7, 11) is 1.68. The number of anilines is 2.